The lowest BCUT2D eigenvalue weighted by Crippen LogP contribution is -2.01. The van der Waals surface area contributed by atoms with Gasteiger partial charge in [-0.05, 0) is 41.8 Å². The van der Waals surface area contributed by atoms with Crippen LogP contribution in [-0.2, 0) is 4.74 Å². The van der Waals surface area contributed by atoms with Crippen molar-refractivity contribution in [2.75, 3.05) is 7.11 Å². The third kappa shape index (κ3) is 2.71. The van der Waals surface area contributed by atoms with Crippen LogP contribution < -0.4 is 0 Å². The zero-order valence-electron chi connectivity index (χ0n) is 10.8. The molecule has 0 amide bonds. The maximum absolute atomic E-state index is 11.4. The molecule has 0 aliphatic rings. The molecule has 2 aromatic rings. The van der Waals surface area contributed by atoms with Crippen LogP contribution in [0.25, 0.3) is 11.1 Å². The molecular weight excluding hydrogens is 240 g/mol. The Morgan fingerprint density at radius 3 is 2.58 bits per heavy atom. The number of hydrogen-bond donors (Lipinski definition) is 0. The Hall–Kier alpha value is -2.42. The van der Waals surface area contributed by atoms with Crippen molar-refractivity contribution in [2.45, 2.75) is 6.92 Å². The summed E-state index contributed by atoms with van der Waals surface area (Å²) < 4.78 is 4.69. The Bertz CT molecular complexity index is 630. The molecule has 19 heavy (non-hydrogen) atoms. The molecule has 0 aliphatic heterocycles. The van der Waals surface area contributed by atoms with Crippen molar-refractivity contribution < 1.29 is 14.3 Å². The molecule has 0 fully saturated rings. The quantitative estimate of drug-likeness (QED) is 0.623. The largest absolute Gasteiger partial charge is 0.465 e. The van der Waals surface area contributed by atoms with Crippen LogP contribution in [0.5, 0.6) is 0 Å². The van der Waals surface area contributed by atoms with Crippen molar-refractivity contribution in [3.63, 3.8) is 0 Å². The highest BCUT2D eigenvalue weighted by Gasteiger charge is 2.08. The summed E-state index contributed by atoms with van der Waals surface area (Å²) >= 11 is 0. The Morgan fingerprint density at radius 1 is 1.16 bits per heavy atom. The van der Waals surface area contributed by atoms with E-state index in [1.54, 1.807) is 18.2 Å². The van der Waals surface area contributed by atoms with Gasteiger partial charge in [-0.25, -0.2) is 4.79 Å². The van der Waals surface area contributed by atoms with E-state index in [2.05, 4.69) is 4.74 Å². The number of methoxy groups -OCH3 is 1. The molecule has 3 nitrogen and oxygen atoms in total. The van der Waals surface area contributed by atoms with Gasteiger partial charge < -0.3 is 4.74 Å². The van der Waals surface area contributed by atoms with Gasteiger partial charge in [-0.2, -0.15) is 0 Å². The van der Waals surface area contributed by atoms with Gasteiger partial charge in [0.2, 0.25) is 0 Å². The maximum Gasteiger partial charge on any atom is 0.337 e. The van der Waals surface area contributed by atoms with Crippen LogP contribution in [0.4, 0.5) is 0 Å². The molecule has 0 unspecified atom stereocenters. The first kappa shape index (κ1) is 13.0. The molecular formula is C16H14O3. The van der Waals surface area contributed by atoms with Gasteiger partial charge in [0.1, 0.15) is 6.29 Å². The lowest BCUT2D eigenvalue weighted by Gasteiger charge is -2.08. The molecule has 0 aliphatic carbocycles. The topological polar surface area (TPSA) is 43.4 Å². The van der Waals surface area contributed by atoms with Crippen molar-refractivity contribution in [3.05, 3.63) is 59.2 Å². The smallest absolute Gasteiger partial charge is 0.337 e. The third-order valence-electron chi connectivity index (χ3n) is 2.98. The van der Waals surface area contributed by atoms with Crippen LogP contribution in [0, 0.1) is 6.92 Å². The van der Waals surface area contributed by atoms with E-state index in [1.165, 1.54) is 7.11 Å². The maximum atomic E-state index is 11.4. The predicted octanol–water partition coefficient (Wildman–Crippen LogP) is 3.26. The van der Waals surface area contributed by atoms with Crippen molar-refractivity contribution in [2.24, 2.45) is 0 Å². The average molecular weight is 254 g/mol. The van der Waals surface area contributed by atoms with Crippen molar-refractivity contribution >= 4 is 12.3 Å². The first-order valence-corrected chi connectivity index (χ1v) is 5.90. The predicted molar refractivity (Wildman–Crippen MR) is 73.3 cm³/mol. The zero-order chi connectivity index (χ0) is 13.8. The number of hydrogen-bond acceptors (Lipinski definition) is 3. The van der Waals surface area contributed by atoms with Crippen LogP contribution in [0.1, 0.15) is 26.3 Å². The number of aryl methyl sites for hydroxylation is 1. The van der Waals surface area contributed by atoms with Crippen molar-refractivity contribution in [1.82, 2.24) is 0 Å². The molecule has 0 saturated heterocycles. The second-order valence-electron chi connectivity index (χ2n) is 4.26. The monoisotopic (exact) mass is 254 g/mol. The van der Waals surface area contributed by atoms with E-state index < -0.39 is 0 Å². The fourth-order valence-corrected chi connectivity index (χ4v) is 2.01. The molecule has 0 N–H and O–H groups in total. The van der Waals surface area contributed by atoms with E-state index in [1.807, 2.05) is 31.2 Å². The first-order chi connectivity index (χ1) is 9.15. The highest BCUT2D eigenvalue weighted by Crippen LogP contribution is 2.25. The molecule has 0 radical (unpaired) electrons. The van der Waals surface area contributed by atoms with E-state index >= 15 is 0 Å². The first-order valence-electron chi connectivity index (χ1n) is 5.90. The lowest BCUT2D eigenvalue weighted by atomic mass is 9.97. The van der Waals surface area contributed by atoms with Crippen molar-refractivity contribution in [3.8, 4) is 11.1 Å². The molecule has 2 rings (SSSR count). The minimum Gasteiger partial charge on any atom is -0.465 e. The van der Waals surface area contributed by atoms with E-state index in [0.717, 1.165) is 23.0 Å². The Morgan fingerprint density at radius 2 is 1.95 bits per heavy atom. The molecule has 0 bridgehead atoms. The second kappa shape index (κ2) is 5.48. The van der Waals surface area contributed by atoms with Gasteiger partial charge in [0.25, 0.3) is 0 Å². The van der Waals surface area contributed by atoms with Crippen LogP contribution in [0.15, 0.2) is 42.5 Å². The van der Waals surface area contributed by atoms with E-state index in [-0.39, 0.29) is 5.97 Å². The number of esters is 1. The van der Waals surface area contributed by atoms with Crippen molar-refractivity contribution in [1.29, 1.82) is 0 Å². The molecule has 0 heterocycles. The third-order valence-corrected chi connectivity index (χ3v) is 2.98. The van der Waals surface area contributed by atoms with E-state index in [4.69, 9.17) is 0 Å². The van der Waals surface area contributed by atoms with E-state index in [9.17, 15) is 9.59 Å². The summed E-state index contributed by atoms with van der Waals surface area (Å²) in [6.45, 7) is 1.93. The van der Waals surface area contributed by atoms with Crippen LogP contribution in [0.3, 0.4) is 0 Å². The molecule has 3 heteroatoms. The minimum atomic E-state index is -0.351. The SMILES string of the molecule is COC(=O)c1ccc(-c2cccc(C=O)c2)c(C)c1. The Labute approximate surface area is 111 Å². The van der Waals surface area contributed by atoms with Gasteiger partial charge in [-0.15, -0.1) is 0 Å². The normalized spacial score (nSPS) is 10.0. The molecule has 0 saturated carbocycles. The fraction of sp³-hybridized carbons (Fsp3) is 0.125. The molecule has 0 aromatic heterocycles. The summed E-state index contributed by atoms with van der Waals surface area (Å²) in [5, 5.41) is 0. The van der Waals surface area contributed by atoms with Crippen LogP contribution in [0.2, 0.25) is 0 Å². The minimum absolute atomic E-state index is 0.351. The number of aldehydes is 1. The van der Waals surface area contributed by atoms with Crippen LogP contribution in [-0.4, -0.2) is 19.4 Å². The average Bonchev–Trinajstić information content (AvgIpc) is 2.46. The van der Waals surface area contributed by atoms with Gasteiger partial charge in [0, 0.05) is 5.56 Å². The molecule has 96 valence electrons. The molecule has 2 aromatic carbocycles. The molecule has 0 spiro atoms. The number of carbonyl (C=O) groups is 2. The summed E-state index contributed by atoms with van der Waals surface area (Å²) in [5.41, 5.74) is 4.07. The van der Waals surface area contributed by atoms with Gasteiger partial charge >= 0.3 is 5.97 Å². The van der Waals surface area contributed by atoms with Crippen LogP contribution >= 0.6 is 0 Å². The van der Waals surface area contributed by atoms with Gasteiger partial charge in [-0.1, -0.05) is 24.3 Å². The van der Waals surface area contributed by atoms with E-state index in [0.29, 0.717) is 11.1 Å². The summed E-state index contributed by atoms with van der Waals surface area (Å²) in [4.78, 5) is 22.2. The summed E-state index contributed by atoms with van der Waals surface area (Å²) in [6, 6.07) is 12.7. The standard InChI is InChI=1S/C16H14O3/c1-11-8-14(16(18)19-2)6-7-15(11)13-5-3-4-12(9-13)10-17/h3-10H,1-2H3. The van der Waals surface area contributed by atoms with Gasteiger partial charge in [-0.3, -0.25) is 4.79 Å². The molecule has 0 atom stereocenters. The highest BCUT2D eigenvalue weighted by molar-refractivity contribution is 5.90. The summed E-state index contributed by atoms with van der Waals surface area (Å²) in [6.07, 6.45) is 0.821. The number of ether oxygens (including phenoxy) is 1. The Balaban J connectivity index is 2.45. The zero-order valence-corrected chi connectivity index (χ0v) is 10.8. The fourth-order valence-electron chi connectivity index (χ4n) is 2.01. The van der Waals surface area contributed by atoms with Gasteiger partial charge in [0.15, 0.2) is 0 Å². The summed E-state index contributed by atoms with van der Waals surface area (Å²) in [7, 11) is 1.36. The number of rotatable bonds is 3. The van der Waals surface area contributed by atoms with Gasteiger partial charge in [0.05, 0.1) is 12.7 Å². The number of carbonyl (C=O) groups excluding carboxylic acids is 2. The Kier molecular flexibility index (Phi) is 3.76. The summed E-state index contributed by atoms with van der Waals surface area (Å²) in [5.74, 6) is -0.351. The highest BCUT2D eigenvalue weighted by atomic mass is 16.5. The lowest BCUT2D eigenvalue weighted by molar-refractivity contribution is 0.0600. The second-order valence-corrected chi connectivity index (χ2v) is 4.26. The number of benzene rings is 2.